The summed E-state index contributed by atoms with van der Waals surface area (Å²) in [7, 11) is 1.60. The molecule has 3 heteroatoms. The topological polar surface area (TPSA) is 46.5 Å². The quantitative estimate of drug-likeness (QED) is 0.691. The van der Waals surface area contributed by atoms with Gasteiger partial charge in [-0.05, 0) is 19.3 Å². The van der Waals surface area contributed by atoms with Gasteiger partial charge in [0.1, 0.15) is 0 Å². The molecule has 0 bridgehead atoms. The lowest BCUT2D eigenvalue weighted by Crippen LogP contribution is -2.24. The second kappa shape index (κ2) is 5.14. The van der Waals surface area contributed by atoms with E-state index >= 15 is 0 Å². The van der Waals surface area contributed by atoms with Crippen LogP contribution >= 0.6 is 0 Å². The van der Waals surface area contributed by atoms with Crippen molar-refractivity contribution in [3.8, 4) is 0 Å². The fraction of sp³-hybridized carbons (Fsp3) is 0.889. The van der Waals surface area contributed by atoms with Gasteiger partial charge in [0.2, 0.25) is 0 Å². The van der Waals surface area contributed by atoms with Crippen LogP contribution < -0.4 is 0 Å². The van der Waals surface area contributed by atoms with Gasteiger partial charge >= 0.3 is 5.97 Å². The summed E-state index contributed by atoms with van der Waals surface area (Å²) in [5.41, 5.74) is 0. The average Bonchev–Trinajstić information content (AvgIpc) is 1.98. The Labute approximate surface area is 73.7 Å². The Bertz CT molecular complexity index is 143. The van der Waals surface area contributed by atoms with Crippen molar-refractivity contribution in [2.24, 2.45) is 11.8 Å². The number of carboxylic acids is 1. The lowest BCUT2D eigenvalue weighted by atomic mass is 9.91. The fourth-order valence-corrected chi connectivity index (χ4v) is 1.11. The molecule has 0 aliphatic carbocycles. The van der Waals surface area contributed by atoms with E-state index in [1.54, 1.807) is 7.11 Å². The van der Waals surface area contributed by atoms with Crippen molar-refractivity contribution in [1.29, 1.82) is 0 Å². The van der Waals surface area contributed by atoms with Gasteiger partial charge in [-0.3, -0.25) is 4.79 Å². The van der Waals surface area contributed by atoms with Gasteiger partial charge in [-0.25, -0.2) is 0 Å². The minimum absolute atomic E-state index is 0.0218. The number of carboxylic acid groups (broad SMARTS) is 1. The summed E-state index contributed by atoms with van der Waals surface area (Å²) in [5, 5.41) is 8.83. The van der Waals surface area contributed by atoms with E-state index in [4.69, 9.17) is 9.84 Å². The molecule has 0 radical (unpaired) electrons. The summed E-state index contributed by atoms with van der Waals surface area (Å²) in [6, 6.07) is 0. The first kappa shape index (κ1) is 11.4. The molecule has 2 unspecified atom stereocenters. The lowest BCUT2D eigenvalue weighted by Gasteiger charge is -2.19. The Hall–Kier alpha value is -0.570. The first-order chi connectivity index (χ1) is 5.49. The summed E-state index contributed by atoms with van der Waals surface area (Å²) >= 11 is 0. The van der Waals surface area contributed by atoms with Crippen LogP contribution in [-0.2, 0) is 9.53 Å². The molecule has 0 spiro atoms. The highest BCUT2D eigenvalue weighted by molar-refractivity contribution is 5.70. The molecule has 2 atom stereocenters. The number of carbonyl (C=O) groups is 1. The van der Waals surface area contributed by atoms with Crippen LogP contribution in [0.3, 0.4) is 0 Å². The molecule has 0 saturated carbocycles. The first-order valence-corrected chi connectivity index (χ1v) is 4.24. The van der Waals surface area contributed by atoms with Gasteiger partial charge < -0.3 is 9.84 Å². The number of methoxy groups -OCH3 is 1. The molecule has 0 aliphatic rings. The van der Waals surface area contributed by atoms with Crippen molar-refractivity contribution in [2.45, 2.75) is 33.3 Å². The van der Waals surface area contributed by atoms with E-state index < -0.39 is 5.97 Å². The third-order valence-electron chi connectivity index (χ3n) is 2.11. The van der Waals surface area contributed by atoms with Gasteiger partial charge in [-0.1, -0.05) is 13.8 Å². The van der Waals surface area contributed by atoms with Crippen molar-refractivity contribution in [2.75, 3.05) is 7.11 Å². The highest BCUT2D eigenvalue weighted by atomic mass is 16.5. The highest BCUT2D eigenvalue weighted by Gasteiger charge is 2.23. The number of ether oxygens (including phenoxy) is 1. The smallest absolute Gasteiger partial charge is 0.306 e. The zero-order valence-corrected chi connectivity index (χ0v) is 8.20. The Morgan fingerprint density at radius 1 is 1.42 bits per heavy atom. The van der Waals surface area contributed by atoms with Crippen LogP contribution in [0.2, 0.25) is 0 Å². The summed E-state index contributed by atoms with van der Waals surface area (Å²) in [6.07, 6.45) is 0.609. The van der Waals surface area contributed by atoms with E-state index in [1.165, 1.54) is 0 Å². The van der Waals surface area contributed by atoms with Crippen molar-refractivity contribution >= 4 is 5.97 Å². The summed E-state index contributed by atoms with van der Waals surface area (Å²) in [5.74, 6) is -0.853. The predicted molar refractivity (Wildman–Crippen MR) is 47.1 cm³/mol. The molecule has 0 heterocycles. The third kappa shape index (κ3) is 3.72. The summed E-state index contributed by atoms with van der Waals surface area (Å²) < 4.78 is 5.02. The van der Waals surface area contributed by atoms with Crippen LogP contribution in [-0.4, -0.2) is 24.3 Å². The van der Waals surface area contributed by atoms with E-state index in [2.05, 4.69) is 0 Å². The van der Waals surface area contributed by atoms with Crippen molar-refractivity contribution in [1.82, 2.24) is 0 Å². The van der Waals surface area contributed by atoms with Gasteiger partial charge in [0.15, 0.2) is 0 Å². The predicted octanol–water partition coefficient (Wildman–Crippen LogP) is 1.77. The molecule has 0 fully saturated rings. The largest absolute Gasteiger partial charge is 0.481 e. The maximum absolute atomic E-state index is 10.7. The third-order valence-corrected chi connectivity index (χ3v) is 2.11. The van der Waals surface area contributed by atoms with E-state index in [1.807, 2.05) is 20.8 Å². The molecule has 72 valence electrons. The van der Waals surface area contributed by atoms with E-state index in [9.17, 15) is 4.79 Å². The normalized spacial score (nSPS) is 16.1. The Balaban J connectivity index is 4.05. The second-order valence-corrected chi connectivity index (χ2v) is 3.47. The molecule has 0 amide bonds. The average molecular weight is 174 g/mol. The number of aliphatic carboxylic acids is 1. The molecule has 1 N–H and O–H groups in total. The fourth-order valence-electron chi connectivity index (χ4n) is 1.11. The Morgan fingerprint density at radius 2 is 1.92 bits per heavy atom. The molecule has 0 rings (SSSR count). The number of hydrogen-bond acceptors (Lipinski definition) is 2. The van der Waals surface area contributed by atoms with Crippen LogP contribution in [0, 0.1) is 11.8 Å². The Kier molecular flexibility index (Phi) is 4.90. The zero-order valence-electron chi connectivity index (χ0n) is 8.20. The minimum Gasteiger partial charge on any atom is -0.481 e. The van der Waals surface area contributed by atoms with Crippen LogP contribution in [0.5, 0.6) is 0 Å². The molecule has 0 saturated heterocycles. The molecule has 0 aromatic carbocycles. The molecule has 0 aromatic rings. The second-order valence-electron chi connectivity index (χ2n) is 3.47. The van der Waals surface area contributed by atoms with Crippen molar-refractivity contribution in [3.05, 3.63) is 0 Å². The molecule has 0 aromatic heterocycles. The standard InChI is InChI=1S/C9H18O3/c1-6(2)8(9(10)11)5-7(3)12-4/h6-8H,5H2,1-4H3,(H,10,11). The van der Waals surface area contributed by atoms with Crippen molar-refractivity contribution < 1.29 is 14.6 Å². The summed E-state index contributed by atoms with van der Waals surface area (Å²) in [6.45, 7) is 5.72. The SMILES string of the molecule is COC(C)CC(C(=O)O)C(C)C. The van der Waals surface area contributed by atoms with Crippen molar-refractivity contribution in [3.63, 3.8) is 0 Å². The lowest BCUT2D eigenvalue weighted by molar-refractivity contribution is -0.144. The monoisotopic (exact) mass is 174 g/mol. The van der Waals surface area contributed by atoms with Crippen LogP contribution in [0.15, 0.2) is 0 Å². The van der Waals surface area contributed by atoms with Gasteiger partial charge in [-0.15, -0.1) is 0 Å². The van der Waals surface area contributed by atoms with Gasteiger partial charge in [0.05, 0.1) is 12.0 Å². The molecular weight excluding hydrogens is 156 g/mol. The number of hydrogen-bond donors (Lipinski definition) is 1. The van der Waals surface area contributed by atoms with Gasteiger partial charge in [0, 0.05) is 7.11 Å². The maximum Gasteiger partial charge on any atom is 0.306 e. The number of rotatable bonds is 5. The molecule has 3 nitrogen and oxygen atoms in total. The minimum atomic E-state index is -0.728. The van der Waals surface area contributed by atoms with Gasteiger partial charge in [0.25, 0.3) is 0 Å². The molecule has 0 aliphatic heterocycles. The van der Waals surface area contributed by atoms with E-state index in [-0.39, 0.29) is 17.9 Å². The summed E-state index contributed by atoms with van der Waals surface area (Å²) in [4.78, 5) is 10.7. The molecular formula is C9H18O3. The van der Waals surface area contributed by atoms with E-state index in [0.717, 1.165) is 0 Å². The zero-order chi connectivity index (χ0) is 9.72. The highest BCUT2D eigenvalue weighted by Crippen LogP contribution is 2.18. The van der Waals surface area contributed by atoms with Crippen LogP contribution in [0.25, 0.3) is 0 Å². The first-order valence-electron chi connectivity index (χ1n) is 4.24. The van der Waals surface area contributed by atoms with Gasteiger partial charge in [-0.2, -0.15) is 0 Å². The maximum atomic E-state index is 10.7. The Morgan fingerprint density at radius 3 is 2.17 bits per heavy atom. The van der Waals surface area contributed by atoms with Crippen LogP contribution in [0.4, 0.5) is 0 Å². The molecule has 12 heavy (non-hydrogen) atoms. The van der Waals surface area contributed by atoms with E-state index in [0.29, 0.717) is 6.42 Å². The van der Waals surface area contributed by atoms with Crippen LogP contribution in [0.1, 0.15) is 27.2 Å².